The van der Waals surface area contributed by atoms with Gasteiger partial charge in [-0.3, -0.25) is 9.59 Å². The molecule has 2 heterocycles. The van der Waals surface area contributed by atoms with E-state index < -0.39 is 29.6 Å². The Morgan fingerprint density at radius 1 is 1.07 bits per heavy atom. The second kappa shape index (κ2) is 12.4. The number of urea groups is 1. The summed E-state index contributed by atoms with van der Waals surface area (Å²) in [4.78, 5) is 50.3. The molecule has 44 heavy (non-hydrogen) atoms. The van der Waals surface area contributed by atoms with Crippen LogP contribution < -0.4 is 20.7 Å². The zero-order valence-electron chi connectivity index (χ0n) is 25.3. The first-order valence-electron chi connectivity index (χ1n) is 14.3. The van der Waals surface area contributed by atoms with Gasteiger partial charge >= 0.3 is 11.9 Å². The van der Waals surface area contributed by atoms with Gasteiger partial charge in [0.1, 0.15) is 11.6 Å². The molecule has 0 spiro atoms. The maximum Gasteiger partial charge on any atom is 0.499 e. The second-order valence-electron chi connectivity index (χ2n) is 11.1. The van der Waals surface area contributed by atoms with E-state index in [9.17, 15) is 19.2 Å². The van der Waals surface area contributed by atoms with Crippen LogP contribution in [0.25, 0.3) is 22.3 Å². The van der Waals surface area contributed by atoms with Crippen LogP contribution in [-0.2, 0) is 20.9 Å². The van der Waals surface area contributed by atoms with Gasteiger partial charge in [-0.15, -0.1) is 0 Å². The summed E-state index contributed by atoms with van der Waals surface area (Å²) in [6, 6.07) is 14.0. The van der Waals surface area contributed by atoms with Crippen molar-refractivity contribution < 1.29 is 32.9 Å². The number of methoxy groups -OCH3 is 1. The van der Waals surface area contributed by atoms with Crippen LogP contribution >= 0.6 is 0 Å². The van der Waals surface area contributed by atoms with E-state index in [1.54, 1.807) is 6.07 Å². The van der Waals surface area contributed by atoms with E-state index in [0.717, 1.165) is 32.7 Å². The summed E-state index contributed by atoms with van der Waals surface area (Å²) in [5.74, 6) is -2.32. The van der Waals surface area contributed by atoms with Crippen LogP contribution in [0.4, 0.5) is 14.9 Å². The Hall–Kier alpha value is -4.90. The number of rotatable bonds is 8. The highest BCUT2D eigenvalue weighted by atomic mass is 19.1. The van der Waals surface area contributed by atoms with Gasteiger partial charge in [-0.2, -0.15) is 9.69 Å². The largest absolute Gasteiger partial charge is 0.499 e. The van der Waals surface area contributed by atoms with Crippen molar-refractivity contribution in [3.8, 4) is 28.0 Å². The highest BCUT2D eigenvalue weighted by molar-refractivity contribution is 6.20. The van der Waals surface area contributed by atoms with Crippen LogP contribution in [0.3, 0.4) is 0 Å². The smallest absolute Gasteiger partial charge is 0.496 e. The van der Waals surface area contributed by atoms with E-state index in [-0.39, 0.29) is 18.5 Å². The van der Waals surface area contributed by atoms with E-state index in [2.05, 4.69) is 16.0 Å². The number of hydrogen-bond donors (Lipinski definition) is 3. The van der Waals surface area contributed by atoms with Crippen molar-refractivity contribution in [2.24, 2.45) is 5.92 Å². The average molecular weight is 601 g/mol. The minimum absolute atomic E-state index is 0.0278. The number of carbonyl (C=O) groups is 4. The lowest BCUT2D eigenvalue weighted by Gasteiger charge is -2.20. The zero-order chi connectivity index (χ0) is 31.7. The number of carbonyl (C=O) groups excluding carboxylic acids is 4. The molecule has 0 aromatic heterocycles. The Kier molecular flexibility index (Phi) is 8.59. The number of halogens is 1. The van der Waals surface area contributed by atoms with Gasteiger partial charge in [0.25, 0.3) is 0 Å². The molecule has 5 amide bonds. The summed E-state index contributed by atoms with van der Waals surface area (Å²) >= 11 is 0. The normalized spacial score (nSPS) is 18.3. The molecule has 10 nitrogen and oxygen atoms in total. The molecular formula is C33H35FN5O5+. The van der Waals surface area contributed by atoms with Gasteiger partial charge in [0, 0.05) is 36.8 Å². The van der Waals surface area contributed by atoms with Crippen molar-refractivity contribution in [1.29, 1.82) is 0 Å². The maximum absolute atomic E-state index is 15.5. The van der Waals surface area contributed by atoms with E-state index in [4.69, 9.17) is 4.74 Å². The van der Waals surface area contributed by atoms with Gasteiger partial charge in [-0.25, -0.2) is 13.8 Å². The summed E-state index contributed by atoms with van der Waals surface area (Å²) in [6.45, 7) is 4.56. The molecule has 0 aliphatic carbocycles. The molecule has 1 unspecified atom stereocenters. The molecule has 2 aliphatic rings. The highest BCUT2D eigenvalue weighted by Crippen LogP contribution is 2.37. The third-order valence-electron chi connectivity index (χ3n) is 8.29. The minimum atomic E-state index is -1.14. The molecule has 228 valence electrons. The molecule has 11 heteroatoms. The van der Waals surface area contributed by atoms with E-state index in [0.29, 0.717) is 35.5 Å². The van der Waals surface area contributed by atoms with E-state index >= 15 is 4.39 Å². The molecule has 0 radical (unpaired) electrons. The topological polar surface area (TPSA) is 120 Å². The van der Waals surface area contributed by atoms with Crippen LogP contribution in [-0.4, -0.2) is 73.2 Å². The molecule has 2 atom stereocenters. The molecule has 1 saturated heterocycles. The first-order valence-corrected chi connectivity index (χ1v) is 14.3. The number of nitrogens with one attached hydrogen (secondary N) is 3. The number of nitrogens with zero attached hydrogens (tertiary/aromatic N) is 2. The van der Waals surface area contributed by atoms with Crippen molar-refractivity contribution in [3.05, 3.63) is 71.0 Å². The Bertz CT molecular complexity index is 1720. The average Bonchev–Trinajstić information content (AvgIpc) is 3.43. The Labute approximate surface area is 254 Å². The van der Waals surface area contributed by atoms with Crippen LogP contribution in [0.5, 0.6) is 5.75 Å². The van der Waals surface area contributed by atoms with Gasteiger partial charge in [-0.05, 0) is 65.4 Å². The van der Waals surface area contributed by atoms with Gasteiger partial charge < -0.3 is 20.7 Å². The van der Waals surface area contributed by atoms with Gasteiger partial charge in [0.2, 0.25) is 11.8 Å². The van der Waals surface area contributed by atoms with Crippen molar-refractivity contribution in [3.63, 3.8) is 0 Å². The molecule has 2 aliphatic heterocycles. The fourth-order valence-electron chi connectivity index (χ4n) is 5.70. The lowest BCUT2D eigenvalue weighted by molar-refractivity contribution is -0.400. The minimum Gasteiger partial charge on any atom is -0.496 e. The van der Waals surface area contributed by atoms with E-state index in [1.807, 2.05) is 50.2 Å². The summed E-state index contributed by atoms with van der Waals surface area (Å²) in [6.07, 6.45) is 1.67. The second-order valence-corrected chi connectivity index (χ2v) is 11.1. The van der Waals surface area contributed by atoms with Crippen molar-refractivity contribution in [1.82, 2.24) is 15.5 Å². The number of imide groups is 1. The summed E-state index contributed by atoms with van der Waals surface area (Å²) < 4.78 is 22.3. The Morgan fingerprint density at radius 3 is 2.43 bits per heavy atom. The lowest BCUT2D eigenvalue weighted by Crippen LogP contribution is -2.51. The lowest BCUT2D eigenvalue weighted by atomic mass is 9.90. The summed E-state index contributed by atoms with van der Waals surface area (Å²) in [7, 11) is 4.34. The molecule has 3 aromatic carbocycles. The quantitative estimate of drug-likeness (QED) is 0.269. The standard InChI is InChI=1S/C33H34FN5O5/c1-18-22(20-12-27(34)25(29(13-20)44-5)16-35-21-14-30(40)36-15-21)8-6-9-23(18)24-10-7-11-28(19(24)2)37-31(41)26-17-38(3)33(43)39(4)32(26)42/h6-13,17,21,26,35H,14-16H2,1-5H3,(H-,36,37,40,41)/p+1/t21-,26?/m0/s1. The number of hydrogen-bond acceptors (Lipinski definition) is 6. The Balaban J connectivity index is 1.43. The Morgan fingerprint density at radius 2 is 1.75 bits per heavy atom. The van der Waals surface area contributed by atoms with Gasteiger partial charge in [0.15, 0.2) is 5.92 Å². The predicted octanol–water partition coefficient (Wildman–Crippen LogP) is 3.62. The van der Waals surface area contributed by atoms with Crippen LogP contribution in [0.1, 0.15) is 23.1 Å². The maximum atomic E-state index is 15.5. The number of benzene rings is 3. The fraction of sp³-hybridized carbons (Fsp3) is 0.303. The molecular weight excluding hydrogens is 565 g/mol. The van der Waals surface area contributed by atoms with Crippen molar-refractivity contribution in [2.45, 2.75) is 32.9 Å². The SMILES string of the molecule is COc1cc(-c2cccc(-c3cccc(NC(=O)C4C=[N+](C)C(=O)N(C)C4=O)c3C)c2C)cc(F)c1CN[C@@H]1CNC(=O)C1. The zero-order valence-corrected chi connectivity index (χ0v) is 25.3. The van der Waals surface area contributed by atoms with Crippen LogP contribution in [0.15, 0.2) is 48.5 Å². The first kappa shape index (κ1) is 30.6. The first-order chi connectivity index (χ1) is 21.0. The van der Waals surface area contributed by atoms with Gasteiger partial charge in [-0.1, -0.05) is 30.3 Å². The molecule has 1 fully saturated rings. The summed E-state index contributed by atoms with van der Waals surface area (Å²) in [5.41, 5.74) is 5.83. The predicted molar refractivity (Wildman–Crippen MR) is 164 cm³/mol. The monoisotopic (exact) mass is 600 g/mol. The fourth-order valence-corrected chi connectivity index (χ4v) is 5.70. The summed E-state index contributed by atoms with van der Waals surface area (Å²) in [5, 5.41) is 8.85. The molecule has 3 N–H and O–H groups in total. The molecule has 5 rings (SSSR count). The molecule has 3 aromatic rings. The highest BCUT2D eigenvalue weighted by Gasteiger charge is 2.43. The number of amides is 5. The van der Waals surface area contributed by atoms with Gasteiger partial charge in [0.05, 0.1) is 27.4 Å². The molecule has 0 saturated carbocycles. The third kappa shape index (κ3) is 5.83. The van der Waals surface area contributed by atoms with Crippen LogP contribution in [0, 0.1) is 25.6 Å². The molecule has 0 bridgehead atoms. The van der Waals surface area contributed by atoms with Crippen molar-refractivity contribution in [2.75, 3.05) is 33.1 Å². The van der Waals surface area contributed by atoms with E-state index in [1.165, 1.54) is 38.1 Å². The number of anilines is 1. The van der Waals surface area contributed by atoms with Crippen molar-refractivity contribution >= 4 is 35.7 Å². The number of ether oxygens (including phenoxy) is 1. The van der Waals surface area contributed by atoms with Crippen LogP contribution in [0.2, 0.25) is 0 Å². The third-order valence-corrected chi connectivity index (χ3v) is 8.29.